The van der Waals surface area contributed by atoms with Gasteiger partial charge in [0, 0.05) is 12.6 Å². The van der Waals surface area contributed by atoms with Gasteiger partial charge in [-0.2, -0.15) is 0 Å². The van der Waals surface area contributed by atoms with Gasteiger partial charge in [-0.25, -0.2) is 0 Å². The van der Waals surface area contributed by atoms with Crippen LogP contribution in [-0.2, 0) is 15.0 Å². The second-order valence-electron chi connectivity index (χ2n) is 7.33. The molecular formula is C20H27NO5. The van der Waals surface area contributed by atoms with Gasteiger partial charge in [0.2, 0.25) is 5.91 Å². The number of amides is 1. The molecule has 3 rings (SSSR count). The topological polar surface area (TPSA) is 76.1 Å². The van der Waals surface area contributed by atoms with Gasteiger partial charge in [0.05, 0.1) is 25.6 Å². The van der Waals surface area contributed by atoms with E-state index in [1.54, 1.807) is 19.1 Å². The predicted molar refractivity (Wildman–Crippen MR) is 96.6 cm³/mol. The second kappa shape index (κ2) is 7.17. The first kappa shape index (κ1) is 18.5. The zero-order valence-electron chi connectivity index (χ0n) is 15.7. The number of methoxy groups -OCH3 is 2. The number of carboxylic acid groups (broad SMARTS) is 1. The van der Waals surface area contributed by atoms with Crippen LogP contribution >= 0.6 is 0 Å². The van der Waals surface area contributed by atoms with Gasteiger partial charge in [-0.1, -0.05) is 18.9 Å². The third kappa shape index (κ3) is 2.91. The number of aliphatic carboxylic acids is 1. The van der Waals surface area contributed by atoms with Gasteiger partial charge >= 0.3 is 5.97 Å². The quantitative estimate of drug-likeness (QED) is 0.873. The number of hydrogen-bond donors (Lipinski definition) is 1. The second-order valence-corrected chi connectivity index (χ2v) is 7.33. The molecule has 1 N–H and O–H groups in total. The van der Waals surface area contributed by atoms with Crippen molar-refractivity contribution in [3.8, 4) is 11.5 Å². The molecule has 0 spiro atoms. The summed E-state index contributed by atoms with van der Waals surface area (Å²) in [6.45, 7) is 2.35. The minimum atomic E-state index is -0.820. The average Bonchev–Trinajstić information content (AvgIpc) is 3.28. The van der Waals surface area contributed by atoms with E-state index in [1.807, 2.05) is 25.1 Å². The lowest BCUT2D eigenvalue weighted by Gasteiger charge is -2.35. The maximum Gasteiger partial charge on any atom is 0.308 e. The third-order valence-electron chi connectivity index (χ3n) is 6.14. The van der Waals surface area contributed by atoms with E-state index in [0.717, 1.165) is 31.2 Å². The lowest BCUT2D eigenvalue weighted by Crippen LogP contribution is -2.48. The van der Waals surface area contributed by atoms with Crippen molar-refractivity contribution in [1.82, 2.24) is 4.90 Å². The molecule has 2 unspecified atom stereocenters. The van der Waals surface area contributed by atoms with Gasteiger partial charge in [-0.05, 0) is 43.9 Å². The lowest BCUT2D eigenvalue weighted by molar-refractivity contribution is -0.144. The fraction of sp³-hybridized carbons (Fsp3) is 0.600. The molecule has 6 nitrogen and oxygen atoms in total. The Hall–Kier alpha value is -2.24. The predicted octanol–water partition coefficient (Wildman–Crippen LogP) is 2.84. The highest BCUT2D eigenvalue weighted by atomic mass is 16.5. The largest absolute Gasteiger partial charge is 0.493 e. The van der Waals surface area contributed by atoms with E-state index in [2.05, 4.69) is 0 Å². The van der Waals surface area contributed by atoms with Crippen LogP contribution in [0.2, 0.25) is 0 Å². The molecule has 2 aliphatic rings. The van der Waals surface area contributed by atoms with Crippen molar-refractivity contribution in [3.63, 3.8) is 0 Å². The fourth-order valence-electron chi connectivity index (χ4n) is 4.57. The minimum Gasteiger partial charge on any atom is -0.493 e. The number of likely N-dealkylation sites (tertiary alicyclic amines) is 1. The number of hydrogen-bond acceptors (Lipinski definition) is 4. The summed E-state index contributed by atoms with van der Waals surface area (Å²) in [5, 5.41) is 9.39. The maximum absolute atomic E-state index is 13.6. The molecule has 1 amide bonds. The molecule has 0 aromatic heterocycles. The highest BCUT2D eigenvalue weighted by Crippen LogP contribution is 2.46. The van der Waals surface area contributed by atoms with E-state index in [9.17, 15) is 14.7 Å². The molecule has 1 aliphatic carbocycles. The van der Waals surface area contributed by atoms with Crippen molar-refractivity contribution in [2.45, 2.75) is 50.5 Å². The molecule has 2 fully saturated rings. The number of rotatable bonds is 5. The van der Waals surface area contributed by atoms with E-state index in [-0.39, 0.29) is 11.9 Å². The number of ether oxygens (including phenoxy) is 2. The van der Waals surface area contributed by atoms with Crippen molar-refractivity contribution in [1.29, 1.82) is 0 Å². The SMILES string of the molecule is COc1ccc(C2(C(=O)N3CCC(C(=O)O)C3C)CCCC2)cc1OC. The molecule has 1 heterocycles. The van der Waals surface area contributed by atoms with Crippen LogP contribution in [0.3, 0.4) is 0 Å². The van der Waals surface area contributed by atoms with Crippen molar-refractivity contribution in [3.05, 3.63) is 23.8 Å². The summed E-state index contributed by atoms with van der Waals surface area (Å²) in [6, 6.07) is 5.41. The highest BCUT2D eigenvalue weighted by Gasteiger charge is 2.49. The van der Waals surface area contributed by atoms with Crippen LogP contribution in [-0.4, -0.2) is 48.7 Å². The molecule has 0 radical (unpaired) electrons. The van der Waals surface area contributed by atoms with Gasteiger partial charge in [0.1, 0.15) is 0 Å². The zero-order chi connectivity index (χ0) is 18.9. The zero-order valence-corrected chi connectivity index (χ0v) is 15.7. The Labute approximate surface area is 154 Å². The lowest BCUT2D eigenvalue weighted by atomic mass is 9.77. The van der Waals surface area contributed by atoms with Gasteiger partial charge in [-0.15, -0.1) is 0 Å². The molecule has 1 aliphatic heterocycles. The van der Waals surface area contributed by atoms with E-state index in [1.165, 1.54) is 0 Å². The number of carbonyl (C=O) groups excluding carboxylic acids is 1. The van der Waals surface area contributed by atoms with Gasteiger partial charge < -0.3 is 19.5 Å². The summed E-state index contributed by atoms with van der Waals surface area (Å²) in [5.41, 5.74) is 0.338. The molecule has 1 saturated heterocycles. The number of benzene rings is 1. The van der Waals surface area contributed by atoms with E-state index in [0.29, 0.717) is 24.5 Å². The normalized spacial score (nSPS) is 24.5. The van der Waals surface area contributed by atoms with Crippen molar-refractivity contribution in [2.75, 3.05) is 20.8 Å². The first-order chi connectivity index (χ1) is 12.4. The molecule has 1 saturated carbocycles. The van der Waals surface area contributed by atoms with Crippen LogP contribution in [0.1, 0.15) is 44.6 Å². The number of carbonyl (C=O) groups is 2. The number of nitrogens with zero attached hydrogens (tertiary/aromatic N) is 1. The monoisotopic (exact) mass is 361 g/mol. The Balaban J connectivity index is 1.96. The maximum atomic E-state index is 13.6. The van der Waals surface area contributed by atoms with Crippen molar-refractivity contribution in [2.24, 2.45) is 5.92 Å². The molecule has 6 heteroatoms. The molecule has 0 bridgehead atoms. The Morgan fingerprint density at radius 3 is 2.35 bits per heavy atom. The molecule has 1 aromatic rings. The van der Waals surface area contributed by atoms with Crippen molar-refractivity contribution < 1.29 is 24.2 Å². The summed E-state index contributed by atoms with van der Waals surface area (Å²) in [4.78, 5) is 26.8. The molecule has 2 atom stereocenters. The third-order valence-corrected chi connectivity index (χ3v) is 6.14. The number of carboxylic acids is 1. The van der Waals surface area contributed by atoms with Crippen LogP contribution in [0, 0.1) is 5.92 Å². The summed E-state index contributed by atoms with van der Waals surface area (Å²) >= 11 is 0. The van der Waals surface area contributed by atoms with Crippen LogP contribution in [0.15, 0.2) is 18.2 Å². The van der Waals surface area contributed by atoms with Gasteiger partial charge in [0.15, 0.2) is 11.5 Å². The summed E-state index contributed by atoms with van der Waals surface area (Å²) in [7, 11) is 3.18. The molecule has 1 aromatic carbocycles. The minimum absolute atomic E-state index is 0.0541. The highest BCUT2D eigenvalue weighted by molar-refractivity contribution is 5.90. The Kier molecular flexibility index (Phi) is 5.12. The van der Waals surface area contributed by atoms with Gasteiger partial charge in [-0.3, -0.25) is 9.59 Å². The smallest absolute Gasteiger partial charge is 0.308 e. The van der Waals surface area contributed by atoms with E-state index < -0.39 is 17.3 Å². The molecule has 26 heavy (non-hydrogen) atoms. The van der Waals surface area contributed by atoms with Gasteiger partial charge in [0.25, 0.3) is 0 Å². The Bertz CT molecular complexity index is 695. The fourth-order valence-corrected chi connectivity index (χ4v) is 4.57. The first-order valence-electron chi connectivity index (χ1n) is 9.21. The Morgan fingerprint density at radius 2 is 1.81 bits per heavy atom. The summed E-state index contributed by atoms with van der Waals surface area (Å²) in [5.74, 6) is -0.0000456. The van der Waals surface area contributed by atoms with Crippen LogP contribution < -0.4 is 9.47 Å². The van der Waals surface area contributed by atoms with E-state index >= 15 is 0 Å². The standard InChI is InChI=1S/C20H27NO5/c1-13-15(18(22)23)8-11-21(13)19(24)20(9-4-5-10-20)14-6-7-16(25-2)17(12-14)26-3/h6-7,12-13,15H,4-5,8-11H2,1-3H3,(H,22,23). The van der Waals surface area contributed by atoms with Crippen LogP contribution in [0.5, 0.6) is 11.5 Å². The molecular weight excluding hydrogens is 334 g/mol. The first-order valence-corrected chi connectivity index (χ1v) is 9.21. The average molecular weight is 361 g/mol. The van der Waals surface area contributed by atoms with Crippen LogP contribution in [0.25, 0.3) is 0 Å². The molecule has 142 valence electrons. The summed E-state index contributed by atoms with van der Waals surface area (Å²) < 4.78 is 10.7. The Morgan fingerprint density at radius 1 is 1.15 bits per heavy atom. The summed E-state index contributed by atoms with van der Waals surface area (Å²) in [6.07, 6.45) is 4.06. The van der Waals surface area contributed by atoms with E-state index in [4.69, 9.17) is 9.47 Å². The van der Waals surface area contributed by atoms with Crippen LogP contribution in [0.4, 0.5) is 0 Å². The van der Waals surface area contributed by atoms with Crippen molar-refractivity contribution >= 4 is 11.9 Å².